The Kier molecular flexibility index (Phi) is 4.64. The quantitative estimate of drug-likeness (QED) is 0.696. The third-order valence-electron chi connectivity index (χ3n) is 3.72. The Labute approximate surface area is 141 Å². The molecule has 1 aromatic carbocycles. The SMILES string of the molecule is Cc1cccc(S(=O)(=O)NCCCc2cnc3cc(C)nn3c2)c1. The monoisotopic (exact) mass is 344 g/mol. The molecule has 126 valence electrons. The van der Waals surface area contributed by atoms with Crippen LogP contribution in [0.1, 0.15) is 23.2 Å². The van der Waals surface area contributed by atoms with Crippen LogP contribution < -0.4 is 4.72 Å². The van der Waals surface area contributed by atoms with E-state index in [1.165, 1.54) is 0 Å². The molecule has 0 spiro atoms. The first-order valence-electron chi connectivity index (χ1n) is 7.81. The Bertz CT molecular complexity index is 964. The van der Waals surface area contributed by atoms with Gasteiger partial charge in [0.15, 0.2) is 5.65 Å². The van der Waals surface area contributed by atoms with Gasteiger partial charge in [-0.25, -0.2) is 22.6 Å². The Balaban J connectivity index is 1.57. The Morgan fingerprint density at radius 1 is 1.21 bits per heavy atom. The van der Waals surface area contributed by atoms with E-state index in [1.54, 1.807) is 22.7 Å². The van der Waals surface area contributed by atoms with Crippen molar-refractivity contribution in [3.63, 3.8) is 0 Å². The number of nitrogens with zero attached hydrogens (tertiary/aromatic N) is 3. The number of benzene rings is 1. The normalized spacial score (nSPS) is 11.9. The van der Waals surface area contributed by atoms with E-state index >= 15 is 0 Å². The second-order valence-corrected chi connectivity index (χ2v) is 7.64. The molecule has 6 nitrogen and oxygen atoms in total. The van der Waals surface area contributed by atoms with Crippen LogP contribution in [0.4, 0.5) is 0 Å². The molecule has 0 fully saturated rings. The lowest BCUT2D eigenvalue weighted by atomic mass is 10.2. The van der Waals surface area contributed by atoms with E-state index in [-0.39, 0.29) is 0 Å². The van der Waals surface area contributed by atoms with Crippen LogP contribution in [0.2, 0.25) is 0 Å². The molecule has 0 radical (unpaired) electrons. The number of nitrogens with one attached hydrogen (secondary N) is 1. The highest BCUT2D eigenvalue weighted by Crippen LogP contribution is 2.11. The molecule has 3 rings (SSSR count). The van der Waals surface area contributed by atoms with Crippen molar-refractivity contribution < 1.29 is 8.42 Å². The third kappa shape index (κ3) is 3.80. The molecule has 0 aliphatic heterocycles. The molecular formula is C17H20N4O2S. The summed E-state index contributed by atoms with van der Waals surface area (Å²) in [5.74, 6) is 0. The van der Waals surface area contributed by atoms with Crippen molar-refractivity contribution in [3.8, 4) is 0 Å². The minimum atomic E-state index is -3.45. The second kappa shape index (κ2) is 6.70. The average molecular weight is 344 g/mol. The highest BCUT2D eigenvalue weighted by Gasteiger charge is 2.13. The number of hydrogen-bond acceptors (Lipinski definition) is 4. The number of fused-ring (bicyclic) bond motifs is 1. The lowest BCUT2D eigenvalue weighted by molar-refractivity contribution is 0.579. The van der Waals surface area contributed by atoms with E-state index in [0.29, 0.717) is 17.9 Å². The summed E-state index contributed by atoms with van der Waals surface area (Å²) in [4.78, 5) is 4.65. The molecule has 0 atom stereocenters. The summed E-state index contributed by atoms with van der Waals surface area (Å²) in [6.07, 6.45) is 5.17. The van der Waals surface area contributed by atoms with Crippen LogP contribution in [0.3, 0.4) is 0 Å². The van der Waals surface area contributed by atoms with Gasteiger partial charge in [-0.15, -0.1) is 0 Å². The molecule has 7 heteroatoms. The first-order valence-corrected chi connectivity index (χ1v) is 9.30. The molecule has 0 amide bonds. The van der Waals surface area contributed by atoms with Crippen molar-refractivity contribution in [3.05, 3.63) is 59.5 Å². The maximum atomic E-state index is 12.2. The molecule has 0 unspecified atom stereocenters. The summed E-state index contributed by atoms with van der Waals surface area (Å²) in [6, 6.07) is 8.81. The summed E-state index contributed by atoms with van der Waals surface area (Å²) in [5, 5.41) is 4.33. The molecule has 1 N–H and O–H groups in total. The van der Waals surface area contributed by atoms with Crippen LogP contribution in [-0.4, -0.2) is 29.6 Å². The lowest BCUT2D eigenvalue weighted by Gasteiger charge is -2.07. The first-order chi connectivity index (χ1) is 11.4. The smallest absolute Gasteiger partial charge is 0.237 e. The zero-order valence-corrected chi connectivity index (χ0v) is 14.5. The predicted octanol–water partition coefficient (Wildman–Crippen LogP) is 2.26. The standard InChI is InChI=1S/C17H20N4O2S/c1-13-5-3-7-16(9-13)24(22,23)19-8-4-6-15-11-18-17-10-14(2)20-21(17)12-15/h3,5,7,9-12,19H,4,6,8H2,1-2H3. The summed E-state index contributed by atoms with van der Waals surface area (Å²) in [5.41, 5.74) is 3.69. The van der Waals surface area contributed by atoms with E-state index < -0.39 is 10.0 Å². The van der Waals surface area contributed by atoms with Crippen molar-refractivity contribution in [2.24, 2.45) is 0 Å². The molecular weight excluding hydrogens is 324 g/mol. The van der Waals surface area contributed by atoms with Gasteiger partial charge in [0.2, 0.25) is 10.0 Å². The molecule has 0 aliphatic rings. The number of hydrogen-bond donors (Lipinski definition) is 1. The number of sulfonamides is 1. The minimum Gasteiger partial charge on any atom is -0.237 e. The van der Waals surface area contributed by atoms with Crippen molar-refractivity contribution in [1.29, 1.82) is 0 Å². The van der Waals surface area contributed by atoms with Gasteiger partial charge in [-0.1, -0.05) is 12.1 Å². The van der Waals surface area contributed by atoms with E-state index in [1.807, 2.05) is 38.4 Å². The van der Waals surface area contributed by atoms with Gasteiger partial charge >= 0.3 is 0 Å². The summed E-state index contributed by atoms with van der Waals surface area (Å²) >= 11 is 0. The molecule has 3 aromatic rings. The Morgan fingerprint density at radius 2 is 2.04 bits per heavy atom. The third-order valence-corrected chi connectivity index (χ3v) is 5.18. The van der Waals surface area contributed by atoms with Crippen LogP contribution in [0.15, 0.2) is 47.6 Å². The van der Waals surface area contributed by atoms with Crippen molar-refractivity contribution >= 4 is 15.7 Å². The van der Waals surface area contributed by atoms with Gasteiger partial charge in [0.25, 0.3) is 0 Å². The van der Waals surface area contributed by atoms with E-state index in [2.05, 4.69) is 14.8 Å². The highest BCUT2D eigenvalue weighted by molar-refractivity contribution is 7.89. The van der Waals surface area contributed by atoms with Gasteiger partial charge in [-0.2, -0.15) is 5.10 Å². The van der Waals surface area contributed by atoms with Crippen LogP contribution in [0.25, 0.3) is 5.65 Å². The average Bonchev–Trinajstić information content (AvgIpc) is 2.91. The molecule has 2 heterocycles. The number of rotatable bonds is 6. The summed E-state index contributed by atoms with van der Waals surface area (Å²) < 4.78 is 28.9. The van der Waals surface area contributed by atoms with Crippen LogP contribution in [0.5, 0.6) is 0 Å². The minimum absolute atomic E-state index is 0.303. The first kappa shape index (κ1) is 16.6. The second-order valence-electron chi connectivity index (χ2n) is 5.87. The van der Waals surface area contributed by atoms with Crippen LogP contribution in [-0.2, 0) is 16.4 Å². The fourth-order valence-electron chi connectivity index (χ4n) is 2.53. The Morgan fingerprint density at radius 3 is 2.83 bits per heavy atom. The summed E-state index contributed by atoms with van der Waals surface area (Å²) in [7, 11) is -3.45. The van der Waals surface area contributed by atoms with E-state index in [0.717, 1.165) is 28.9 Å². The number of aryl methyl sites for hydroxylation is 3. The molecule has 0 aliphatic carbocycles. The van der Waals surface area contributed by atoms with Gasteiger partial charge in [0.1, 0.15) is 0 Å². The van der Waals surface area contributed by atoms with Crippen LogP contribution in [0, 0.1) is 13.8 Å². The van der Waals surface area contributed by atoms with Crippen molar-refractivity contribution in [2.45, 2.75) is 31.6 Å². The van der Waals surface area contributed by atoms with Gasteiger partial charge < -0.3 is 0 Å². The largest absolute Gasteiger partial charge is 0.240 e. The maximum Gasteiger partial charge on any atom is 0.240 e. The maximum absolute atomic E-state index is 12.2. The zero-order chi connectivity index (χ0) is 17.2. The fraction of sp³-hybridized carbons (Fsp3) is 0.294. The van der Waals surface area contributed by atoms with Gasteiger partial charge in [0.05, 0.1) is 10.6 Å². The van der Waals surface area contributed by atoms with Crippen LogP contribution >= 0.6 is 0 Å². The van der Waals surface area contributed by atoms with Crippen molar-refractivity contribution in [1.82, 2.24) is 19.3 Å². The molecule has 2 aromatic heterocycles. The lowest BCUT2D eigenvalue weighted by Crippen LogP contribution is -2.25. The van der Waals surface area contributed by atoms with E-state index in [4.69, 9.17) is 0 Å². The van der Waals surface area contributed by atoms with E-state index in [9.17, 15) is 8.42 Å². The summed E-state index contributed by atoms with van der Waals surface area (Å²) in [6.45, 7) is 4.18. The molecule has 0 bridgehead atoms. The molecule has 0 saturated heterocycles. The molecule has 0 saturated carbocycles. The topological polar surface area (TPSA) is 76.4 Å². The number of aromatic nitrogens is 3. The Hall–Kier alpha value is -2.25. The van der Waals surface area contributed by atoms with Crippen molar-refractivity contribution in [2.75, 3.05) is 6.54 Å². The fourth-order valence-corrected chi connectivity index (χ4v) is 3.71. The van der Waals surface area contributed by atoms with Gasteiger partial charge in [-0.3, -0.25) is 0 Å². The van der Waals surface area contributed by atoms with Gasteiger partial charge in [-0.05, 0) is 49.9 Å². The highest BCUT2D eigenvalue weighted by atomic mass is 32.2. The zero-order valence-electron chi connectivity index (χ0n) is 13.7. The van der Waals surface area contributed by atoms with Gasteiger partial charge in [0, 0.05) is 25.0 Å². The predicted molar refractivity (Wildman–Crippen MR) is 92.4 cm³/mol. The molecule has 24 heavy (non-hydrogen) atoms.